The van der Waals surface area contributed by atoms with Crippen molar-refractivity contribution in [3.63, 3.8) is 0 Å². The number of thioether (sulfide) groups is 1. The number of oxazole rings is 1. The molecule has 0 saturated carbocycles. The first-order chi connectivity index (χ1) is 8.29. The van der Waals surface area contributed by atoms with Crippen LogP contribution in [0.4, 0.5) is 0 Å². The lowest BCUT2D eigenvalue weighted by molar-refractivity contribution is 0.530. The van der Waals surface area contributed by atoms with Crippen LogP contribution in [-0.4, -0.2) is 17.3 Å². The van der Waals surface area contributed by atoms with E-state index in [0.29, 0.717) is 11.6 Å². The molecule has 0 radical (unpaired) electrons. The summed E-state index contributed by atoms with van der Waals surface area (Å²) in [7, 11) is 0. The highest BCUT2D eigenvalue weighted by molar-refractivity contribution is 7.98. The summed E-state index contributed by atoms with van der Waals surface area (Å²) < 4.78 is 5.64. The lowest BCUT2D eigenvalue weighted by Gasteiger charge is -1.96. The van der Waals surface area contributed by atoms with Gasteiger partial charge in [0, 0.05) is 22.9 Å². The van der Waals surface area contributed by atoms with E-state index in [1.807, 2.05) is 24.3 Å². The molecule has 0 fully saturated rings. The highest BCUT2D eigenvalue weighted by Gasteiger charge is 2.06. The van der Waals surface area contributed by atoms with Gasteiger partial charge in [-0.3, -0.25) is 0 Å². The average molecular weight is 269 g/mol. The van der Waals surface area contributed by atoms with Gasteiger partial charge in [-0.25, -0.2) is 4.98 Å². The number of rotatable bonds is 5. The van der Waals surface area contributed by atoms with Crippen LogP contribution in [0.5, 0.6) is 0 Å². The smallest absolute Gasteiger partial charge is 0.204 e. The summed E-state index contributed by atoms with van der Waals surface area (Å²) in [6, 6.07) is 7.50. The quantitative estimate of drug-likeness (QED) is 0.846. The molecular formula is C12H13ClN2OS. The standard InChI is InChI=1S/C12H13ClN2OS/c13-10-3-1-9(2-4-10)11-7-15-12(16-11)8-17-6-5-14/h1-4,7H,5-6,8,14H2. The third-order valence-electron chi connectivity index (χ3n) is 2.17. The van der Waals surface area contributed by atoms with E-state index in [1.165, 1.54) is 0 Å². The van der Waals surface area contributed by atoms with E-state index in [9.17, 15) is 0 Å². The first-order valence-electron chi connectivity index (χ1n) is 5.28. The normalized spacial score (nSPS) is 10.7. The minimum absolute atomic E-state index is 0.676. The number of benzene rings is 1. The minimum Gasteiger partial charge on any atom is -0.440 e. The number of hydrogen-bond acceptors (Lipinski definition) is 4. The molecule has 17 heavy (non-hydrogen) atoms. The lowest BCUT2D eigenvalue weighted by atomic mass is 10.2. The number of nitrogens with zero attached hydrogens (tertiary/aromatic N) is 1. The Balaban J connectivity index is 2.04. The fraction of sp³-hybridized carbons (Fsp3) is 0.250. The minimum atomic E-state index is 0.676. The van der Waals surface area contributed by atoms with Gasteiger partial charge in [-0.1, -0.05) is 11.6 Å². The average Bonchev–Trinajstić information content (AvgIpc) is 2.79. The Morgan fingerprint density at radius 1 is 1.29 bits per heavy atom. The van der Waals surface area contributed by atoms with Crippen molar-refractivity contribution in [2.45, 2.75) is 5.75 Å². The molecule has 1 aromatic carbocycles. The molecule has 0 spiro atoms. The van der Waals surface area contributed by atoms with E-state index in [0.717, 1.165) is 28.7 Å². The van der Waals surface area contributed by atoms with Gasteiger partial charge in [0.1, 0.15) is 0 Å². The molecule has 1 aromatic heterocycles. The van der Waals surface area contributed by atoms with Crippen molar-refractivity contribution < 1.29 is 4.42 Å². The second-order valence-electron chi connectivity index (χ2n) is 3.47. The lowest BCUT2D eigenvalue weighted by Crippen LogP contribution is -2.01. The van der Waals surface area contributed by atoms with Gasteiger partial charge in [0.2, 0.25) is 5.89 Å². The number of nitrogens with two attached hydrogens (primary N) is 1. The zero-order chi connectivity index (χ0) is 12.1. The summed E-state index contributed by atoms with van der Waals surface area (Å²) >= 11 is 7.54. The SMILES string of the molecule is NCCSCc1ncc(-c2ccc(Cl)cc2)o1. The molecule has 1 heterocycles. The van der Waals surface area contributed by atoms with Crippen LogP contribution in [-0.2, 0) is 5.75 Å². The molecule has 90 valence electrons. The van der Waals surface area contributed by atoms with Crippen molar-refractivity contribution in [1.29, 1.82) is 0 Å². The number of halogens is 1. The van der Waals surface area contributed by atoms with Crippen molar-refractivity contribution in [3.8, 4) is 11.3 Å². The molecule has 5 heteroatoms. The summed E-state index contributed by atoms with van der Waals surface area (Å²) in [5.74, 6) is 3.17. The summed E-state index contributed by atoms with van der Waals surface area (Å²) in [6.45, 7) is 0.676. The van der Waals surface area contributed by atoms with Crippen molar-refractivity contribution >= 4 is 23.4 Å². The van der Waals surface area contributed by atoms with Gasteiger partial charge in [0.25, 0.3) is 0 Å². The van der Waals surface area contributed by atoms with Crippen LogP contribution in [0.3, 0.4) is 0 Å². The van der Waals surface area contributed by atoms with E-state index in [4.69, 9.17) is 21.8 Å². The Morgan fingerprint density at radius 2 is 2.06 bits per heavy atom. The van der Waals surface area contributed by atoms with Crippen molar-refractivity contribution in [3.05, 3.63) is 41.4 Å². The topological polar surface area (TPSA) is 52.0 Å². The molecule has 0 aliphatic rings. The molecule has 0 atom stereocenters. The second kappa shape index (κ2) is 6.10. The molecule has 2 N–H and O–H groups in total. The van der Waals surface area contributed by atoms with Crippen LogP contribution >= 0.6 is 23.4 Å². The molecular weight excluding hydrogens is 256 g/mol. The van der Waals surface area contributed by atoms with Gasteiger partial charge >= 0.3 is 0 Å². The van der Waals surface area contributed by atoms with Crippen LogP contribution in [0.25, 0.3) is 11.3 Å². The van der Waals surface area contributed by atoms with E-state index in [2.05, 4.69) is 4.98 Å². The maximum Gasteiger partial charge on any atom is 0.204 e. The Morgan fingerprint density at radius 3 is 2.76 bits per heavy atom. The zero-order valence-electron chi connectivity index (χ0n) is 9.23. The van der Waals surface area contributed by atoms with Gasteiger partial charge in [0.15, 0.2) is 5.76 Å². The first-order valence-corrected chi connectivity index (χ1v) is 6.81. The van der Waals surface area contributed by atoms with Gasteiger partial charge < -0.3 is 10.2 Å². The van der Waals surface area contributed by atoms with Gasteiger partial charge in [-0.05, 0) is 24.3 Å². The third kappa shape index (κ3) is 3.49. The molecule has 0 amide bonds. The second-order valence-corrected chi connectivity index (χ2v) is 5.01. The maximum absolute atomic E-state index is 5.83. The van der Waals surface area contributed by atoms with Gasteiger partial charge in [0.05, 0.1) is 11.9 Å². The molecule has 0 aliphatic carbocycles. The van der Waals surface area contributed by atoms with E-state index in [1.54, 1.807) is 18.0 Å². The monoisotopic (exact) mass is 268 g/mol. The maximum atomic E-state index is 5.83. The zero-order valence-corrected chi connectivity index (χ0v) is 10.8. The molecule has 0 unspecified atom stereocenters. The molecule has 0 bridgehead atoms. The summed E-state index contributed by atoms with van der Waals surface area (Å²) in [4.78, 5) is 4.23. The van der Waals surface area contributed by atoms with Crippen LogP contribution in [0.1, 0.15) is 5.89 Å². The van der Waals surface area contributed by atoms with Crippen LogP contribution in [0, 0.1) is 0 Å². The predicted octanol–water partition coefficient (Wildman–Crippen LogP) is 3.19. The fourth-order valence-corrected chi connectivity index (χ4v) is 2.11. The van der Waals surface area contributed by atoms with Crippen LogP contribution in [0.2, 0.25) is 5.02 Å². The van der Waals surface area contributed by atoms with Crippen molar-refractivity contribution in [2.75, 3.05) is 12.3 Å². The summed E-state index contributed by atoms with van der Waals surface area (Å²) in [5.41, 5.74) is 6.40. The van der Waals surface area contributed by atoms with Crippen molar-refractivity contribution in [2.24, 2.45) is 5.73 Å². The largest absolute Gasteiger partial charge is 0.440 e. The van der Waals surface area contributed by atoms with Crippen molar-refractivity contribution in [1.82, 2.24) is 4.98 Å². The van der Waals surface area contributed by atoms with Gasteiger partial charge in [-0.2, -0.15) is 11.8 Å². The number of hydrogen-bond donors (Lipinski definition) is 1. The Bertz CT molecular complexity index is 470. The van der Waals surface area contributed by atoms with E-state index < -0.39 is 0 Å². The fourth-order valence-electron chi connectivity index (χ4n) is 1.37. The van der Waals surface area contributed by atoms with E-state index in [-0.39, 0.29) is 0 Å². The molecule has 3 nitrogen and oxygen atoms in total. The highest BCUT2D eigenvalue weighted by atomic mass is 35.5. The Kier molecular flexibility index (Phi) is 4.48. The molecule has 2 aromatic rings. The Hall–Kier alpha value is -0.970. The number of aromatic nitrogens is 1. The van der Waals surface area contributed by atoms with Crippen LogP contribution < -0.4 is 5.73 Å². The molecule has 0 aliphatic heterocycles. The Labute approximate surface area is 109 Å². The van der Waals surface area contributed by atoms with E-state index >= 15 is 0 Å². The molecule has 2 rings (SSSR count). The third-order valence-corrected chi connectivity index (χ3v) is 3.40. The molecule has 0 saturated heterocycles. The van der Waals surface area contributed by atoms with Gasteiger partial charge in [-0.15, -0.1) is 0 Å². The highest BCUT2D eigenvalue weighted by Crippen LogP contribution is 2.23. The summed E-state index contributed by atoms with van der Waals surface area (Å²) in [5, 5.41) is 0.715. The predicted molar refractivity (Wildman–Crippen MR) is 72.2 cm³/mol. The van der Waals surface area contributed by atoms with Crippen LogP contribution in [0.15, 0.2) is 34.9 Å². The summed E-state index contributed by atoms with van der Waals surface area (Å²) in [6.07, 6.45) is 1.74. The first kappa shape index (κ1) is 12.5.